The molecule has 3 rings (SSSR count). The first-order valence-electron chi connectivity index (χ1n) is 11.0. The summed E-state index contributed by atoms with van der Waals surface area (Å²) in [5.74, 6) is 3.00. The van der Waals surface area contributed by atoms with Crippen LogP contribution in [0.25, 0.3) is 11.0 Å². The lowest BCUT2D eigenvalue weighted by molar-refractivity contribution is 0.165. The van der Waals surface area contributed by atoms with E-state index in [1.54, 1.807) is 7.05 Å². The van der Waals surface area contributed by atoms with Crippen molar-refractivity contribution in [3.63, 3.8) is 0 Å². The van der Waals surface area contributed by atoms with Crippen LogP contribution >= 0.6 is 0 Å². The van der Waals surface area contributed by atoms with Gasteiger partial charge in [0.1, 0.15) is 17.3 Å². The van der Waals surface area contributed by atoms with E-state index in [4.69, 9.17) is 14.5 Å². The van der Waals surface area contributed by atoms with E-state index in [0.717, 1.165) is 42.0 Å². The Hall–Kier alpha value is -3.02. The second kappa shape index (κ2) is 10.3. The zero-order valence-electron chi connectivity index (χ0n) is 19.2. The summed E-state index contributed by atoms with van der Waals surface area (Å²) in [6.07, 6.45) is 1.43. The summed E-state index contributed by atoms with van der Waals surface area (Å²) in [6, 6.07) is 13.9. The van der Waals surface area contributed by atoms with Gasteiger partial charge in [0.25, 0.3) is 0 Å². The van der Waals surface area contributed by atoms with Gasteiger partial charge in [-0.3, -0.25) is 0 Å². The lowest BCUT2D eigenvalue weighted by Crippen LogP contribution is -2.29. The van der Waals surface area contributed by atoms with Crippen molar-refractivity contribution in [1.29, 1.82) is 0 Å². The van der Waals surface area contributed by atoms with Gasteiger partial charge in [-0.1, -0.05) is 26.0 Å². The average Bonchev–Trinajstić information content (AvgIpc) is 3.09. The molecule has 1 aromatic heterocycles. The highest BCUT2D eigenvalue weighted by Gasteiger charge is 2.15. The minimum absolute atomic E-state index is 0.365. The van der Waals surface area contributed by atoms with Gasteiger partial charge >= 0.3 is 6.09 Å². The Kier molecular flexibility index (Phi) is 7.55. The molecule has 0 spiro atoms. The molecule has 6 nitrogen and oxygen atoms in total. The summed E-state index contributed by atoms with van der Waals surface area (Å²) in [4.78, 5) is 18.5. The molecule has 0 aliphatic heterocycles. The third-order valence-electron chi connectivity index (χ3n) is 5.32. The van der Waals surface area contributed by atoms with Gasteiger partial charge in [0.2, 0.25) is 0 Å². The van der Waals surface area contributed by atoms with Gasteiger partial charge in [0.05, 0.1) is 17.6 Å². The quantitative estimate of drug-likeness (QED) is 0.455. The highest BCUT2D eigenvalue weighted by atomic mass is 16.6. The second-order valence-corrected chi connectivity index (χ2v) is 8.15. The van der Waals surface area contributed by atoms with E-state index in [1.807, 2.05) is 44.2 Å². The predicted octanol–water partition coefficient (Wildman–Crippen LogP) is 5.52. The summed E-state index contributed by atoms with van der Waals surface area (Å²) in [5.41, 5.74) is 3.08. The maximum absolute atomic E-state index is 12.1. The van der Waals surface area contributed by atoms with Gasteiger partial charge in [-0.15, -0.1) is 0 Å². The third kappa shape index (κ3) is 5.78. The topological polar surface area (TPSA) is 56.6 Å². The first-order chi connectivity index (χ1) is 14.9. The zero-order valence-corrected chi connectivity index (χ0v) is 19.2. The average molecular weight is 424 g/mol. The SMILES string of the molecule is CCOc1ccc(Cc2nc3cc(OC(=O)N(C)CC)ccc3n2CCC(C)C)cc1. The van der Waals surface area contributed by atoms with E-state index in [0.29, 0.717) is 24.8 Å². The van der Waals surface area contributed by atoms with Crippen molar-refractivity contribution >= 4 is 17.1 Å². The van der Waals surface area contributed by atoms with Crippen molar-refractivity contribution in [1.82, 2.24) is 14.5 Å². The molecular weight excluding hydrogens is 390 g/mol. The smallest absolute Gasteiger partial charge is 0.414 e. The second-order valence-electron chi connectivity index (χ2n) is 8.15. The number of benzene rings is 2. The lowest BCUT2D eigenvalue weighted by atomic mass is 10.1. The number of carbonyl (C=O) groups is 1. The number of hydrogen-bond donors (Lipinski definition) is 0. The molecule has 1 heterocycles. The van der Waals surface area contributed by atoms with Gasteiger partial charge in [0.15, 0.2) is 0 Å². The highest BCUT2D eigenvalue weighted by molar-refractivity contribution is 5.79. The number of amides is 1. The molecule has 31 heavy (non-hydrogen) atoms. The van der Waals surface area contributed by atoms with Crippen LogP contribution in [-0.2, 0) is 13.0 Å². The number of hydrogen-bond acceptors (Lipinski definition) is 4. The van der Waals surface area contributed by atoms with Gasteiger partial charge in [-0.25, -0.2) is 9.78 Å². The van der Waals surface area contributed by atoms with E-state index in [9.17, 15) is 4.79 Å². The molecule has 0 aliphatic rings. The molecule has 0 fully saturated rings. The van der Waals surface area contributed by atoms with Crippen molar-refractivity contribution in [2.75, 3.05) is 20.2 Å². The van der Waals surface area contributed by atoms with Crippen molar-refractivity contribution in [2.45, 2.75) is 47.1 Å². The van der Waals surface area contributed by atoms with Crippen LogP contribution in [0.5, 0.6) is 11.5 Å². The molecule has 1 amide bonds. The standard InChI is InChI=1S/C25H33N3O3/c1-6-27(5)25(29)31-21-12-13-23-22(17-21)26-24(28(23)15-14-18(3)4)16-19-8-10-20(11-9-19)30-7-2/h8-13,17-18H,6-7,14-16H2,1-5H3. The molecule has 3 aromatic rings. The van der Waals surface area contributed by atoms with Gasteiger partial charge in [0, 0.05) is 32.6 Å². The minimum atomic E-state index is -0.365. The van der Waals surface area contributed by atoms with Crippen LogP contribution in [0.1, 0.15) is 45.5 Å². The lowest BCUT2D eigenvalue weighted by Gasteiger charge is -2.14. The Balaban J connectivity index is 1.90. The van der Waals surface area contributed by atoms with Crippen molar-refractivity contribution in [3.05, 3.63) is 53.9 Å². The van der Waals surface area contributed by atoms with Gasteiger partial charge in [-0.2, -0.15) is 0 Å². The van der Waals surface area contributed by atoms with Crippen LogP contribution in [0.2, 0.25) is 0 Å². The van der Waals surface area contributed by atoms with Crippen molar-refractivity contribution in [3.8, 4) is 11.5 Å². The molecule has 2 aromatic carbocycles. The molecule has 0 atom stereocenters. The number of imidazole rings is 1. The fraction of sp³-hybridized carbons (Fsp3) is 0.440. The number of carbonyl (C=O) groups excluding carboxylic acids is 1. The molecule has 0 aliphatic carbocycles. The molecular formula is C25H33N3O3. The predicted molar refractivity (Wildman–Crippen MR) is 124 cm³/mol. The van der Waals surface area contributed by atoms with E-state index in [-0.39, 0.29) is 6.09 Å². The maximum Gasteiger partial charge on any atom is 0.414 e. The Morgan fingerprint density at radius 1 is 1.10 bits per heavy atom. The number of rotatable bonds is 9. The van der Waals surface area contributed by atoms with Crippen molar-refractivity contribution in [2.24, 2.45) is 5.92 Å². The number of nitrogens with zero attached hydrogens (tertiary/aromatic N) is 3. The van der Waals surface area contributed by atoms with E-state index >= 15 is 0 Å². The minimum Gasteiger partial charge on any atom is -0.494 e. The first-order valence-corrected chi connectivity index (χ1v) is 11.0. The summed E-state index contributed by atoms with van der Waals surface area (Å²) in [6.45, 7) is 10.5. The van der Waals surface area contributed by atoms with E-state index in [2.05, 4.69) is 30.5 Å². The van der Waals surface area contributed by atoms with Crippen LogP contribution in [0.15, 0.2) is 42.5 Å². The molecule has 6 heteroatoms. The van der Waals surface area contributed by atoms with Crippen LogP contribution < -0.4 is 9.47 Å². The monoisotopic (exact) mass is 423 g/mol. The number of aromatic nitrogens is 2. The largest absolute Gasteiger partial charge is 0.494 e. The van der Waals surface area contributed by atoms with Gasteiger partial charge in [-0.05, 0) is 56.0 Å². The number of ether oxygens (including phenoxy) is 2. The first kappa shape index (κ1) is 22.7. The number of aryl methyl sites for hydroxylation is 1. The highest BCUT2D eigenvalue weighted by Crippen LogP contribution is 2.25. The van der Waals surface area contributed by atoms with Gasteiger partial charge < -0.3 is 18.9 Å². The molecule has 0 N–H and O–H groups in total. The number of fused-ring (bicyclic) bond motifs is 1. The Bertz CT molecular complexity index is 1010. The van der Waals surface area contributed by atoms with Crippen molar-refractivity contribution < 1.29 is 14.3 Å². The summed E-state index contributed by atoms with van der Waals surface area (Å²) in [7, 11) is 1.72. The van der Waals surface area contributed by atoms with E-state index < -0.39 is 0 Å². The summed E-state index contributed by atoms with van der Waals surface area (Å²) < 4.78 is 13.3. The van der Waals surface area contributed by atoms with Crippen LogP contribution in [0.4, 0.5) is 4.79 Å². The molecule has 0 bridgehead atoms. The summed E-state index contributed by atoms with van der Waals surface area (Å²) >= 11 is 0. The fourth-order valence-electron chi connectivity index (χ4n) is 3.36. The molecule has 0 unspecified atom stereocenters. The molecule has 0 radical (unpaired) electrons. The zero-order chi connectivity index (χ0) is 22.4. The Labute approximate surface area is 184 Å². The van der Waals surface area contributed by atoms with Crippen LogP contribution in [-0.4, -0.2) is 40.7 Å². The normalized spacial score (nSPS) is 11.2. The summed E-state index contributed by atoms with van der Waals surface area (Å²) in [5, 5.41) is 0. The molecule has 166 valence electrons. The van der Waals surface area contributed by atoms with E-state index in [1.165, 1.54) is 10.5 Å². The molecule has 0 saturated heterocycles. The molecule has 0 saturated carbocycles. The maximum atomic E-state index is 12.1. The Morgan fingerprint density at radius 2 is 1.81 bits per heavy atom. The fourth-order valence-corrected chi connectivity index (χ4v) is 3.36. The third-order valence-corrected chi connectivity index (χ3v) is 5.32. The van der Waals surface area contributed by atoms with Crippen LogP contribution in [0, 0.1) is 5.92 Å². The van der Waals surface area contributed by atoms with Crippen LogP contribution in [0.3, 0.4) is 0 Å². The Morgan fingerprint density at radius 3 is 2.45 bits per heavy atom.